The number of benzene rings is 3. The molecule has 9 nitrogen and oxygen atoms in total. The molecule has 2 aromatic heterocycles. The molecule has 0 radical (unpaired) electrons. The lowest BCUT2D eigenvalue weighted by atomic mass is 9.90. The zero-order chi connectivity index (χ0) is 30.0. The van der Waals surface area contributed by atoms with Crippen molar-refractivity contribution < 1.29 is 28.2 Å². The van der Waals surface area contributed by atoms with Crippen LogP contribution in [0.15, 0.2) is 79.4 Å². The molecule has 2 atom stereocenters. The fraction of sp³-hybridized carbons (Fsp3) is 0.267. The monoisotopic (exact) mass is 623 g/mol. The fourth-order valence-corrected chi connectivity index (χ4v) is 7.06. The maximum atomic E-state index is 14.9. The number of carbonyl (C=O) groups is 1. The van der Waals surface area contributed by atoms with Crippen LogP contribution >= 0.6 is 23.1 Å². The van der Waals surface area contributed by atoms with E-state index in [2.05, 4.69) is 20.4 Å². The number of hydrogen-bond donors (Lipinski definition) is 2. The topological polar surface area (TPSA) is 111 Å². The minimum Gasteiger partial charge on any atom is -0.382 e. The molecule has 0 spiro atoms. The predicted octanol–water partition coefficient (Wildman–Crippen LogP) is 5.54. The highest BCUT2D eigenvalue weighted by molar-refractivity contribution is 8.00. The smallest absolute Gasteiger partial charge is 0.257 e. The standard InChI is InChI=1S/C30H27F2N5O4S2/c1-18(30(39,15-37-17-33-16-34-37)23-11-10-21(31)12-24(23)32)42-22-13-40-28(41-14-22)20-8-6-19(7-9-20)27(38)36-29-35-25-4-2-3-5-26(25)43-29/h2-12,16-18,22,28,39H,13-15H2,1H3,(H,35,36,38). The van der Waals surface area contributed by atoms with E-state index in [1.165, 1.54) is 46.5 Å². The first-order valence-corrected chi connectivity index (χ1v) is 15.2. The molecule has 2 unspecified atom stereocenters. The summed E-state index contributed by atoms with van der Waals surface area (Å²) in [6, 6.07) is 17.8. The average molecular weight is 624 g/mol. The lowest BCUT2D eigenvalue weighted by Crippen LogP contribution is -2.43. The van der Waals surface area contributed by atoms with Crippen LogP contribution in [0.2, 0.25) is 0 Å². The van der Waals surface area contributed by atoms with Gasteiger partial charge in [0.2, 0.25) is 0 Å². The van der Waals surface area contributed by atoms with Gasteiger partial charge in [-0.15, -0.1) is 11.8 Å². The van der Waals surface area contributed by atoms with Gasteiger partial charge in [-0.3, -0.25) is 10.1 Å². The molecule has 222 valence electrons. The first-order valence-electron chi connectivity index (χ1n) is 13.4. The molecule has 3 heterocycles. The Kier molecular flexibility index (Phi) is 8.50. The number of halogens is 2. The van der Waals surface area contributed by atoms with Gasteiger partial charge >= 0.3 is 0 Å². The summed E-state index contributed by atoms with van der Waals surface area (Å²) >= 11 is 2.79. The Morgan fingerprint density at radius 2 is 1.93 bits per heavy atom. The van der Waals surface area contributed by atoms with Crippen LogP contribution in [0.4, 0.5) is 13.9 Å². The Bertz CT molecular complexity index is 1680. The number of nitrogens with one attached hydrogen (secondary N) is 1. The van der Waals surface area contributed by atoms with Gasteiger partial charge in [0, 0.05) is 28.0 Å². The summed E-state index contributed by atoms with van der Waals surface area (Å²) in [6.07, 6.45) is 2.12. The molecule has 0 bridgehead atoms. The van der Waals surface area contributed by atoms with E-state index in [0.717, 1.165) is 27.9 Å². The average Bonchev–Trinajstić information content (AvgIpc) is 3.67. The molecule has 13 heteroatoms. The number of para-hydroxylation sites is 1. The maximum absolute atomic E-state index is 14.9. The normalized spacial score (nSPS) is 19.2. The first kappa shape index (κ1) is 29.3. The van der Waals surface area contributed by atoms with Crippen LogP contribution in [0.3, 0.4) is 0 Å². The van der Waals surface area contributed by atoms with Gasteiger partial charge in [0.15, 0.2) is 11.4 Å². The second-order valence-corrected chi connectivity index (χ2v) is 12.8. The van der Waals surface area contributed by atoms with E-state index in [-0.39, 0.29) is 23.3 Å². The summed E-state index contributed by atoms with van der Waals surface area (Å²) in [7, 11) is 0. The first-order chi connectivity index (χ1) is 20.8. The number of thiazole rings is 1. The number of rotatable bonds is 9. The molecule has 2 N–H and O–H groups in total. The van der Waals surface area contributed by atoms with Crippen molar-refractivity contribution in [2.24, 2.45) is 0 Å². The van der Waals surface area contributed by atoms with Gasteiger partial charge in [0.25, 0.3) is 5.91 Å². The van der Waals surface area contributed by atoms with Crippen molar-refractivity contribution in [3.8, 4) is 0 Å². The molecule has 1 saturated heterocycles. The number of aromatic nitrogens is 4. The van der Waals surface area contributed by atoms with E-state index < -0.39 is 28.8 Å². The van der Waals surface area contributed by atoms with Crippen LogP contribution in [0, 0.1) is 11.6 Å². The number of anilines is 1. The Balaban J connectivity index is 1.07. The number of carbonyl (C=O) groups excluding carboxylic acids is 1. The molecular formula is C30H27F2N5O4S2. The third kappa shape index (κ3) is 6.45. The zero-order valence-electron chi connectivity index (χ0n) is 22.9. The predicted molar refractivity (Wildman–Crippen MR) is 160 cm³/mol. The molecule has 0 aliphatic carbocycles. The third-order valence-electron chi connectivity index (χ3n) is 7.16. The fourth-order valence-electron chi connectivity index (χ4n) is 4.88. The zero-order valence-corrected chi connectivity index (χ0v) is 24.5. The molecule has 1 fully saturated rings. The van der Waals surface area contributed by atoms with Crippen LogP contribution < -0.4 is 5.32 Å². The number of thioether (sulfide) groups is 1. The Morgan fingerprint density at radius 3 is 2.63 bits per heavy atom. The summed E-state index contributed by atoms with van der Waals surface area (Å²) < 4.78 is 42.9. The summed E-state index contributed by atoms with van der Waals surface area (Å²) in [5, 5.41) is 18.5. The van der Waals surface area contributed by atoms with Crippen LogP contribution in [-0.2, 0) is 21.6 Å². The molecule has 5 aromatic rings. The number of amides is 1. The number of fused-ring (bicyclic) bond motifs is 1. The SMILES string of the molecule is CC(SC1COC(c2ccc(C(=O)Nc3nc4ccccc4s3)cc2)OC1)C(O)(Cn1cncn1)c1ccc(F)cc1F. The maximum Gasteiger partial charge on any atom is 0.257 e. The largest absolute Gasteiger partial charge is 0.382 e. The molecule has 43 heavy (non-hydrogen) atoms. The van der Waals surface area contributed by atoms with Gasteiger partial charge in [-0.05, 0) is 30.3 Å². The minimum absolute atomic E-state index is 0.0350. The van der Waals surface area contributed by atoms with Crippen LogP contribution in [0.25, 0.3) is 10.2 Å². The summed E-state index contributed by atoms with van der Waals surface area (Å²) in [6.45, 7) is 2.31. The Morgan fingerprint density at radius 1 is 1.16 bits per heavy atom. The van der Waals surface area contributed by atoms with Crippen molar-refractivity contribution in [2.75, 3.05) is 18.5 Å². The molecule has 1 aliphatic heterocycles. The van der Waals surface area contributed by atoms with Gasteiger partial charge in [0.05, 0.1) is 35.2 Å². The van der Waals surface area contributed by atoms with E-state index in [0.29, 0.717) is 23.9 Å². The van der Waals surface area contributed by atoms with E-state index in [1.54, 1.807) is 31.2 Å². The van der Waals surface area contributed by atoms with Gasteiger partial charge in [0.1, 0.15) is 29.9 Å². The van der Waals surface area contributed by atoms with Gasteiger partial charge < -0.3 is 14.6 Å². The third-order valence-corrected chi connectivity index (χ3v) is 9.57. The molecular weight excluding hydrogens is 596 g/mol. The van der Waals surface area contributed by atoms with Crippen molar-refractivity contribution in [1.29, 1.82) is 0 Å². The lowest BCUT2D eigenvalue weighted by Gasteiger charge is -2.37. The quantitative estimate of drug-likeness (QED) is 0.220. The van der Waals surface area contributed by atoms with Gasteiger partial charge in [-0.2, -0.15) is 5.10 Å². The second-order valence-electron chi connectivity index (χ2n) is 10.1. The van der Waals surface area contributed by atoms with Gasteiger partial charge in [-0.1, -0.05) is 48.6 Å². The molecule has 1 aliphatic rings. The van der Waals surface area contributed by atoms with Gasteiger partial charge in [-0.25, -0.2) is 23.4 Å². The van der Waals surface area contributed by atoms with Crippen molar-refractivity contribution in [3.63, 3.8) is 0 Å². The number of nitrogens with zero attached hydrogens (tertiary/aromatic N) is 4. The van der Waals surface area contributed by atoms with Crippen molar-refractivity contribution >= 4 is 44.4 Å². The highest BCUT2D eigenvalue weighted by Gasteiger charge is 2.41. The second kappa shape index (κ2) is 12.5. The molecule has 1 amide bonds. The number of ether oxygens (including phenoxy) is 2. The lowest BCUT2D eigenvalue weighted by molar-refractivity contribution is -0.180. The molecule has 0 saturated carbocycles. The highest BCUT2D eigenvalue weighted by Crippen LogP contribution is 2.39. The summed E-state index contributed by atoms with van der Waals surface area (Å²) in [5.41, 5.74) is 0.296. The Labute approximate surface area is 253 Å². The van der Waals surface area contributed by atoms with Crippen LogP contribution in [-0.4, -0.2) is 54.5 Å². The van der Waals surface area contributed by atoms with Crippen LogP contribution in [0.5, 0.6) is 0 Å². The minimum atomic E-state index is -1.73. The summed E-state index contributed by atoms with van der Waals surface area (Å²) in [5.74, 6) is -1.84. The van der Waals surface area contributed by atoms with E-state index >= 15 is 0 Å². The highest BCUT2D eigenvalue weighted by atomic mass is 32.2. The van der Waals surface area contributed by atoms with E-state index in [1.807, 2.05) is 24.3 Å². The molecule has 6 rings (SSSR count). The van der Waals surface area contributed by atoms with E-state index in [9.17, 15) is 18.7 Å². The van der Waals surface area contributed by atoms with Crippen molar-refractivity contribution in [3.05, 3.63) is 108 Å². The summed E-state index contributed by atoms with van der Waals surface area (Å²) in [4.78, 5) is 21.1. The number of aliphatic hydroxyl groups is 1. The van der Waals surface area contributed by atoms with Crippen molar-refractivity contribution in [2.45, 2.75) is 35.9 Å². The van der Waals surface area contributed by atoms with Crippen molar-refractivity contribution in [1.82, 2.24) is 19.7 Å². The number of hydrogen-bond acceptors (Lipinski definition) is 9. The Hall–Kier alpha value is -3.75. The van der Waals surface area contributed by atoms with E-state index in [4.69, 9.17) is 9.47 Å². The molecule has 3 aromatic carbocycles. The van der Waals surface area contributed by atoms with Crippen LogP contribution in [0.1, 0.15) is 34.7 Å².